The number of methoxy groups -OCH3 is 1. The number of pyridine rings is 1. The molecule has 0 bridgehead atoms. The van der Waals surface area contributed by atoms with Gasteiger partial charge in [0, 0.05) is 23.9 Å². The van der Waals surface area contributed by atoms with E-state index in [9.17, 15) is 10.1 Å². The molecule has 0 aliphatic carbocycles. The minimum absolute atomic E-state index is 0.00164. The van der Waals surface area contributed by atoms with Crippen LogP contribution in [0.2, 0.25) is 0 Å². The molecule has 1 aliphatic heterocycles. The number of hydrogen-bond donors (Lipinski definition) is 0. The number of hydrogen-bond acceptors (Lipinski definition) is 4. The summed E-state index contributed by atoms with van der Waals surface area (Å²) >= 11 is 0. The van der Waals surface area contributed by atoms with Gasteiger partial charge in [-0.15, -0.1) is 0 Å². The molecular formula is C20H19N3O2. The Morgan fingerprint density at radius 1 is 1.44 bits per heavy atom. The maximum absolute atomic E-state index is 12.9. The molecule has 0 radical (unpaired) electrons. The molecule has 2 aromatic rings. The Hall–Kier alpha value is -3.13. The fraction of sp³-hybridized carbons (Fsp3) is 0.250. The summed E-state index contributed by atoms with van der Waals surface area (Å²) in [6.07, 6.45) is 6.59. The van der Waals surface area contributed by atoms with Gasteiger partial charge in [0.05, 0.1) is 13.2 Å². The van der Waals surface area contributed by atoms with Crippen LogP contribution in [0.25, 0.3) is 11.1 Å². The zero-order valence-electron chi connectivity index (χ0n) is 14.3. The third kappa shape index (κ3) is 3.11. The number of nitrogens with zero attached hydrogens (tertiary/aromatic N) is 3. The van der Waals surface area contributed by atoms with Crippen LogP contribution in [0.3, 0.4) is 0 Å². The summed E-state index contributed by atoms with van der Waals surface area (Å²) in [7, 11) is 1.48. The molecule has 25 heavy (non-hydrogen) atoms. The van der Waals surface area contributed by atoms with Gasteiger partial charge in [-0.25, -0.2) is 4.98 Å². The Bertz CT molecular complexity index is 867. The maximum atomic E-state index is 12.9. The van der Waals surface area contributed by atoms with Gasteiger partial charge in [0.15, 0.2) is 0 Å². The molecule has 0 spiro atoms. The molecule has 0 N–H and O–H groups in total. The van der Waals surface area contributed by atoms with E-state index < -0.39 is 0 Å². The van der Waals surface area contributed by atoms with Gasteiger partial charge in [0.2, 0.25) is 5.88 Å². The first-order valence-electron chi connectivity index (χ1n) is 8.20. The lowest BCUT2D eigenvalue weighted by atomic mass is 9.99. The van der Waals surface area contributed by atoms with Gasteiger partial charge in [0.25, 0.3) is 5.91 Å². The Morgan fingerprint density at radius 2 is 2.28 bits per heavy atom. The van der Waals surface area contributed by atoms with E-state index in [2.05, 4.69) is 24.1 Å². The summed E-state index contributed by atoms with van der Waals surface area (Å²) in [6, 6.07) is 11.4. The Kier molecular flexibility index (Phi) is 4.80. The van der Waals surface area contributed by atoms with Crippen LogP contribution in [0, 0.1) is 11.3 Å². The first kappa shape index (κ1) is 16.7. The third-order valence-corrected chi connectivity index (χ3v) is 4.38. The van der Waals surface area contributed by atoms with Crippen molar-refractivity contribution in [1.82, 2.24) is 9.88 Å². The number of nitriles is 1. The zero-order valence-corrected chi connectivity index (χ0v) is 14.3. The van der Waals surface area contributed by atoms with E-state index >= 15 is 0 Å². The van der Waals surface area contributed by atoms with E-state index in [0.717, 1.165) is 12.0 Å². The number of benzene rings is 1. The highest BCUT2D eigenvalue weighted by Gasteiger charge is 2.24. The van der Waals surface area contributed by atoms with Gasteiger partial charge in [-0.1, -0.05) is 31.2 Å². The molecule has 0 fully saturated rings. The Balaban J connectivity index is 1.98. The van der Waals surface area contributed by atoms with E-state index in [1.807, 2.05) is 29.2 Å². The average Bonchev–Trinajstić information content (AvgIpc) is 3.15. The maximum Gasteiger partial charge on any atom is 0.254 e. The zero-order chi connectivity index (χ0) is 17.8. The third-order valence-electron chi connectivity index (χ3n) is 4.38. The van der Waals surface area contributed by atoms with Crippen molar-refractivity contribution in [3.05, 3.63) is 59.8 Å². The first-order valence-corrected chi connectivity index (χ1v) is 8.20. The standard InChI is InChI=1S/C20H19N3O2/c1-3-16-8-5-11-23(16)20(24)15-7-4-6-14(12-15)17-9-10-22-19(25-2)18(17)13-21/h4-10,12,16H,3,11H2,1-2H3/t16-/m1/s1. The number of aromatic nitrogens is 1. The number of carbonyl (C=O) groups excluding carboxylic acids is 1. The van der Waals surface area contributed by atoms with Gasteiger partial charge in [-0.3, -0.25) is 4.79 Å². The quantitative estimate of drug-likeness (QED) is 0.804. The molecule has 2 heterocycles. The Morgan fingerprint density at radius 3 is 3.00 bits per heavy atom. The molecule has 3 rings (SSSR count). The normalized spacial score (nSPS) is 15.9. The van der Waals surface area contributed by atoms with Crippen LogP contribution in [-0.2, 0) is 0 Å². The molecule has 126 valence electrons. The second-order valence-corrected chi connectivity index (χ2v) is 5.80. The van der Waals surface area contributed by atoms with E-state index in [4.69, 9.17) is 4.74 Å². The van der Waals surface area contributed by atoms with Gasteiger partial charge >= 0.3 is 0 Å². The van der Waals surface area contributed by atoms with Crippen LogP contribution in [0.4, 0.5) is 0 Å². The van der Waals surface area contributed by atoms with Gasteiger partial charge in [-0.05, 0) is 30.2 Å². The lowest BCUT2D eigenvalue weighted by molar-refractivity contribution is 0.0747. The summed E-state index contributed by atoms with van der Waals surface area (Å²) < 4.78 is 5.17. The SMILES string of the molecule is CC[C@@H]1C=CCN1C(=O)c1cccc(-c2ccnc(OC)c2C#N)c1. The van der Waals surface area contributed by atoms with Gasteiger partial charge < -0.3 is 9.64 Å². The minimum atomic E-state index is -0.00164. The molecule has 1 atom stereocenters. The van der Waals surface area contributed by atoms with Gasteiger partial charge in [0.1, 0.15) is 11.6 Å². The topological polar surface area (TPSA) is 66.2 Å². The van der Waals surface area contributed by atoms with Crippen molar-refractivity contribution < 1.29 is 9.53 Å². The predicted octanol–water partition coefficient (Wildman–Crippen LogP) is 3.42. The lowest BCUT2D eigenvalue weighted by Crippen LogP contribution is -2.35. The van der Waals surface area contributed by atoms with Crippen molar-refractivity contribution in [1.29, 1.82) is 5.26 Å². The smallest absolute Gasteiger partial charge is 0.254 e. The molecule has 1 amide bonds. The molecule has 1 aromatic heterocycles. The van der Waals surface area contributed by atoms with Crippen LogP contribution in [0.5, 0.6) is 5.88 Å². The van der Waals surface area contributed by atoms with Crippen LogP contribution in [0.1, 0.15) is 29.3 Å². The van der Waals surface area contributed by atoms with Crippen molar-refractivity contribution in [2.75, 3.05) is 13.7 Å². The molecule has 1 aliphatic rings. The largest absolute Gasteiger partial charge is 0.480 e. The summed E-state index contributed by atoms with van der Waals surface area (Å²) in [6.45, 7) is 2.70. The van der Waals surface area contributed by atoms with E-state index in [0.29, 0.717) is 23.2 Å². The summed E-state index contributed by atoms with van der Waals surface area (Å²) in [5, 5.41) is 9.46. The first-order chi connectivity index (χ1) is 12.2. The van der Waals surface area contributed by atoms with Crippen molar-refractivity contribution in [3.63, 3.8) is 0 Å². The number of carbonyl (C=O) groups is 1. The molecule has 5 heteroatoms. The monoisotopic (exact) mass is 333 g/mol. The summed E-state index contributed by atoms with van der Waals surface area (Å²) in [5.41, 5.74) is 2.47. The highest BCUT2D eigenvalue weighted by atomic mass is 16.5. The number of amides is 1. The molecule has 0 saturated heterocycles. The van der Waals surface area contributed by atoms with Crippen molar-refractivity contribution in [2.24, 2.45) is 0 Å². The van der Waals surface area contributed by atoms with Crippen LogP contribution in [-0.4, -0.2) is 35.5 Å². The van der Waals surface area contributed by atoms with Crippen LogP contribution in [0.15, 0.2) is 48.7 Å². The summed E-state index contributed by atoms with van der Waals surface area (Å²) in [5.74, 6) is 0.282. The second kappa shape index (κ2) is 7.18. The van der Waals surface area contributed by atoms with E-state index in [-0.39, 0.29) is 17.8 Å². The van der Waals surface area contributed by atoms with E-state index in [1.54, 1.807) is 18.3 Å². The molecule has 5 nitrogen and oxygen atoms in total. The highest BCUT2D eigenvalue weighted by molar-refractivity contribution is 5.96. The molecule has 0 saturated carbocycles. The van der Waals surface area contributed by atoms with Crippen LogP contribution >= 0.6 is 0 Å². The minimum Gasteiger partial charge on any atom is -0.480 e. The Labute approximate surface area is 147 Å². The summed E-state index contributed by atoms with van der Waals surface area (Å²) in [4.78, 5) is 18.8. The fourth-order valence-corrected chi connectivity index (χ4v) is 3.09. The number of rotatable bonds is 4. The lowest BCUT2D eigenvalue weighted by Gasteiger charge is -2.23. The fourth-order valence-electron chi connectivity index (χ4n) is 3.09. The molecular weight excluding hydrogens is 314 g/mol. The predicted molar refractivity (Wildman–Crippen MR) is 95.2 cm³/mol. The molecule has 0 unspecified atom stereocenters. The average molecular weight is 333 g/mol. The van der Waals surface area contributed by atoms with Crippen molar-refractivity contribution >= 4 is 5.91 Å². The van der Waals surface area contributed by atoms with Gasteiger partial charge in [-0.2, -0.15) is 5.26 Å². The number of ether oxygens (including phenoxy) is 1. The van der Waals surface area contributed by atoms with Crippen molar-refractivity contribution in [3.8, 4) is 23.1 Å². The molecule has 1 aromatic carbocycles. The second-order valence-electron chi connectivity index (χ2n) is 5.80. The van der Waals surface area contributed by atoms with E-state index in [1.165, 1.54) is 7.11 Å². The highest BCUT2D eigenvalue weighted by Crippen LogP contribution is 2.29. The van der Waals surface area contributed by atoms with Crippen molar-refractivity contribution in [2.45, 2.75) is 19.4 Å². The van der Waals surface area contributed by atoms with Crippen LogP contribution < -0.4 is 4.74 Å².